The summed E-state index contributed by atoms with van der Waals surface area (Å²) in [5, 5.41) is 9.83. The molecule has 0 aliphatic carbocycles. The highest BCUT2D eigenvalue weighted by atomic mass is 35.5. The number of hydrogen-bond acceptors (Lipinski definition) is 12. The fraction of sp³-hybridized carbons (Fsp3) is 0.353. The van der Waals surface area contributed by atoms with Crippen LogP contribution in [-0.4, -0.2) is 89.9 Å². The van der Waals surface area contributed by atoms with Crippen molar-refractivity contribution in [2.75, 3.05) is 67.6 Å². The van der Waals surface area contributed by atoms with Gasteiger partial charge < -0.3 is 24.8 Å². The molecule has 0 bridgehead atoms. The van der Waals surface area contributed by atoms with E-state index in [1.165, 1.54) is 11.1 Å². The first-order valence-corrected chi connectivity index (χ1v) is 19.2. The first-order valence-electron chi connectivity index (χ1n) is 16.2. The number of aromatic nitrogens is 4. The largest absolute Gasteiger partial charge is 0.494 e. The van der Waals surface area contributed by atoms with Crippen molar-refractivity contribution in [1.82, 2.24) is 30.2 Å². The first kappa shape index (κ1) is 35.1. The predicted octanol–water partition coefficient (Wildman–Crippen LogP) is 5.21. The van der Waals surface area contributed by atoms with E-state index in [1.807, 2.05) is 36.4 Å². The van der Waals surface area contributed by atoms with Crippen molar-refractivity contribution in [1.29, 1.82) is 0 Å². The van der Waals surface area contributed by atoms with Gasteiger partial charge in [-0.15, -0.1) is 0 Å². The van der Waals surface area contributed by atoms with Crippen LogP contribution in [0, 0.1) is 0 Å². The molecule has 3 N–H and O–H groups in total. The minimum Gasteiger partial charge on any atom is -0.494 e. The Labute approximate surface area is 296 Å². The number of halogens is 1. The Morgan fingerprint density at radius 3 is 2.48 bits per heavy atom. The van der Waals surface area contributed by atoms with Crippen LogP contribution in [0.2, 0.25) is 5.02 Å². The summed E-state index contributed by atoms with van der Waals surface area (Å²) in [6.07, 6.45) is 6.96. The lowest BCUT2D eigenvalue weighted by molar-refractivity contribution is -0.120. The van der Waals surface area contributed by atoms with Crippen molar-refractivity contribution in [3.8, 4) is 5.75 Å². The average Bonchev–Trinajstić information content (AvgIpc) is 3.10. The van der Waals surface area contributed by atoms with Crippen LogP contribution in [0.3, 0.4) is 0 Å². The highest BCUT2D eigenvalue weighted by Crippen LogP contribution is 2.39. The van der Waals surface area contributed by atoms with Crippen molar-refractivity contribution in [2.24, 2.45) is 0 Å². The fourth-order valence-electron chi connectivity index (χ4n) is 6.09. The Bertz CT molecular complexity index is 1920. The molecule has 0 radical (unpaired) electrons. The molecule has 262 valence electrons. The van der Waals surface area contributed by atoms with Gasteiger partial charge in [-0.05, 0) is 57.5 Å². The van der Waals surface area contributed by atoms with Gasteiger partial charge in [-0.3, -0.25) is 24.9 Å². The molecule has 2 saturated heterocycles. The van der Waals surface area contributed by atoms with E-state index in [4.69, 9.17) is 16.3 Å². The maximum atomic E-state index is 12.9. The minimum absolute atomic E-state index is 0.239. The van der Waals surface area contributed by atoms with E-state index >= 15 is 0 Å². The minimum atomic E-state index is -2.55. The van der Waals surface area contributed by atoms with E-state index in [-0.39, 0.29) is 18.9 Å². The second kappa shape index (κ2) is 15.0. The number of ether oxygens (including phenoxy) is 1. The third-order valence-electron chi connectivity index (χ3n) is 8.80. The van der Waals surface area contributed by atoms with Crippen molar-refractivity contribution < 1.29 is 18.9 Å². The zero-order chi connectivity index (χ0) is 35.4. The summed E-state index contributed by atoms with van der Waals surface area (Å²) < 4.78 is 18.6. The molecule has 6 rings (SSSR count). The number of carbonyl (C=O) groups is 2. The van der Waals surface area contributed by atoms with Gasteiger partial charge in [0.25, 0.3) is 0 Å². The quantitative estimate of drug-likeness (QED) is 0.174. The normalized spacial score (nSPS) is 15.6. The monoisotopic (exact) mass is 718 g/mol. The molecule has 2 aliphatic heterocycles. The summed E-state index contributed by atoms with van der Waals surface area (Å²) in [6, 6.07) is 13.3. The van der Waals surface area contributed by atoms with E-state index in [1.54, 1.807) is 32.8 Å². The van der Waals surface area contributed by atoms with E-state index in [2.05, 4.69) is 58.8 Å². The topological polar surface area (TPSA) is 158 Å². The van der Waals surface area contributed by atoms with Crippen molar-refractivity contribution >= 4 is 70.6 Å². The molecule has 0 atom stereocenters. The van der Waals surface area contributed by atoms with Crippen LogP contribution in [-0.2, 0) is 15.9 Å². The van der Waals surface area contributed by atoms with Gasteiger partial charge in [0.15, 0.2) is 11.6 Å². The summed E-state index contributed by atoms with van der Waals surface area (Å²) >= 11 is 6.45. The number of urea groups is 1. The number of para-hydroxylation sites is 1. The molecule has 2 aromatic heterocycles. The molecular weight excluding hydrogens is 679 g/mol. The number of carbonyl (C=O) groups excluding carboxylic acids is 2. The molecule has 0 spiro atoms. The maximum Gasteiger partial charge on any atom is 0.329 e. The number of hydrogen-bond donors (Lipinski definition) is 3. The Morgan fingerprint density at radius 2 is 1.78 bits per heavy atom. The molecule has 0 unspecified atom stereocenters. The molecule has 4 heterocycles. The van der Waals surface area contributed by atoms with E-state index in [0.29, 0.717) is 57.6 Å². The second-order valence-electron chi connectivity index (χ2n) is 12.6. The van der Waals surface area contributed by atoms with Gasteiger partial charge in [0.05, 0.1) is 42.8 Å². The number of piperidine rings is 1. The van der Waals surface area contributed by atoms with Gasteiger partial charge in [0, 0.05) is 55.7 Å². The van der Waals surface area contributed by atoms with Gasteiger partial charge in [0.2, 0.25) is 11.9 Å². The number of nitrogens with one attached hydrogen (secondary N) is 3. The Kier molecular flexibility index (Phi) is 10.5. The number of amides is 3. The molecule has 2 aromatic carbocycles. The smallest absolute Gasteiger partial charge is 0.329 e. The second-order valence-corrected chi connectivity index (χ2v) is 16.2. The number of imide groups is 1. The summed E-state index contributed by atoms with van der Waals surface area (Å²) in [4.78, 5) is 47.5. The van der Waals surface area contributed by atoms with Crippen molar-refractivity contribution in [2.45, 2.75) is 31.8 Å². The van der Waals surface area contributed by atoms with Crippen LogP contribution >= 0.6 is 18.7 Å². The van der Waals surface area contributed by atoms with Gasteiger partial charge >= 0.3 is 6.03 Å². The summed E-state index contributed by atoms with van der Waals surface area (Å²) in [7, 11) is 1.17. The van der Waals surface area contributed by atoms with Crippen LogP contribution in [0.25, 0.3) is 0 Å². The number of benzene rings is 2. The predicted molar refractivity (Wildman–Crippen MR) is 196 cm³/mol. The van der Waals surface area contributed by atoms with Crippen LogP contribution in [0.15, 0.2) is 61.1 Å². The first-order chi connectivity index (χ1) is 24.0. The molecule has 2 aliphatic rings. The van der Waals surface area contributed by atoms with Crippen LogP contribution in [0.4, 0.5) is 39.4 Å². The molecule has 50 heavy (non-hydrogen) atoms. The lowest BCUT2D eigenvalue weighted by Gasteiger charge is -2.38. The van der Waals surface area contributed by atoms with Gasteiger partial charge in [-0.2, -0.15) is 4.98 Å². The number of anilines is 6. The molecule has 16 heteroatoms. The lowest BCUT2D eigenvalue weighted by Crippen LogP contribution is -2.50. The zero-order valence-corrected chi connectivity index (χ0v) is 30.0. The van der Waals surface area contributed by atoms with Crippen LogP contribution < -0.4 is 35.8 Å². The fourth-order valence-corrected chi connectivity index (χ4v) is 7.39. The Hall–Kier alpha value is -4.78. The number of nitrogens with zero attached hydrogens (tertiary/aromatic N) is 7. The van der Waals surface area contributed by atoms with Gasteiger partial charge in [0.1, 0.15) is 17.9 Å². The molecular formula is C34H40ClN10O4P. The van der Waals surface area contributed by atoms with Crippen LogP contribution in [0.1, 0.15) is 25.0 Å². The SMILES string of the molecule is COc1cc(N2CCC(N(C)Cc3cnc(N4CCC(=O)NC4=O)cn3)CC2)ccc1Nc1ncc(Cl)c(Nc2ccccc2P(C)(C)=O)n1. The molecule has 0 saturated carbocycles. The summed E-state index contributed by atoms with van der Waals surface area (Å²) in [5.41, 5.74) is 3.24. The van der Waals surface area contributed by atoms with E-state index in [0.717, 1.165) is 37.3 Å². The summed E-state index contributed by atoms with van der Waals surface area (Å²) in [5.74, 6) is 1.51. The molecule has 3 amide bonds. The van der Waals surface area contributed by atoms with Crippen molar-refractivity contribution in [3.05, 3.63) is 71.8 Å². The Morgan fingerprint density at radius 1 is 1.00 bits per heavy atom. The van der Waals surface area contributed by atoms with Crippen LogP contribution in [0.5, 0.6) is 5.75 Å². The molecule has 4 aromatic rings. The van der Waals surface area contributed by atoms with E-state index in [9.17, 15) is 14.2 Å². The lowest BCUT2D eigenvalue weighted by atomic mass is 10.0. The third-order valence-corrected chi connectivity index (χ3v) is 10.6. The molecule has 2 fully saturated rings. The van der Waals surface area contributed by atoms with Crippen molar-refractivity contribution in [3.63, 3.8) is 0 Å². The zero-order valence-electron chi connectivity index (χ0n) is 28.4. The van der Waals surface area contributed by atoms with Gasteiger partial charge in [-0.1, -0.05) is 23.7 Å². The highest BCUT2D eigenvalue weighted by molar-refractivity contribution is 7.70. The average molecular weight is 719 g/mol. The highest BCUT2D eigenvalue weighted by Gasteiger charge is 2.27. The Balaban J connectivity index is 1.05. The van der Waals surface area contributed by atoms with E-state index < -0.39 is 13.2 Å². The van der Waals surface area contributed by atoms with Gasteiger partial charge in [-0.25, -0.2) is 14.8 Å². The standard InChI is InChI=1S/C34H40ClN10O4P/c1-43(21-22-18-37-30(20-36-22)45-16-13-31(46)41-34(45)47)23-11-14-44(15-12-23)24-9-10-26(28(17-24)49-2)40-33-38-19-25(35)32(42-33)39-27-7-5-6-8-29(27)50(3,4)48/h5-10,17-20,23H,11-16,21H2,1-4H3,(H,41,46,47)(H2,38,39,40,42). The maximum absolute atomic E-state index is 12.9. The number of methoxy groups -OCH3 is 1. The molecule has 14 nitrogen and oxygen atoms in total. The summed E-state index contributed by atoms with van der Waals surface area (Å²) in [6.45, 7) is 6.12. The number of rotatable bonds is 11. The third kappa shape index (κ3) is 8.15.